The second-order valence-corrected chi connectivity index (χ2v) is 12.3. The summed E-state index contributed by atoms with van der Waals surface area (Å²) in [5.41, 5.74) is -1.83. The number of carbonyl (C=O) groups excluding carboxylic acids is 5. The van der Waals surface area contributed by atoms with Gasteiger partial charge in [-0.2, -0.15) is 0 Å². The third-order valence-electron chi connectivity index (χ3n) is 8.52. The molecule has 0 heterocycles. The molecule has 0 amide bonds. The summed E-state index contributed by atoms with van der Waals surface area (Å²) in [7, 11) is 0. The number of rotatable bonds is 22. The molecule has 0 saturated carbocycles. The van der Waals surface area contributed by atoms with Crippen LogP contribution < -0.4 is 0 Å². The fraction of sp³-hybridized carbons (Fsp3) is 0.385. The van der Waals surface area contributed by atoms with Gasteiger partial charge in [-0.05, 0) is 36.8 Å². The molecule has 0 aliphatic heterocycles. The van der Waals surface area contributed by atoms with Gasteiger partial charge in [0.15, 0.2) is 0 Å². The smallest absolute Gasteiger partial charge is 0.330 e. The number of hydrogen-bond donors (Lipinski definition) is 1. The molecule has 0 aliphatic rings. The van der Waals surface area contributed by atoms with E-state index in [1.165, 1.54) is 13.8 Å². The van der Waals surface area contributed by atoms with Crippen molar-refractivity contribution in [1.29, 1.82) is 0 Å². The van der Waals surface area contributed by atoms with Crippen molar-refractivity contribution in [2.24, 2.45) is 22.7 Å². The normalized spacial score (nSPS) is 13.9. The Balaban J connectivity index is 2.51. The van der Waals surface area contributed by atoms with Crippen molar-refractivity contribution in [2.75, 3.05) is 26.4 Å². The van der Waals surface area contributed by atoms with Gasteiger partial charge in [-0.3, -0.25) is 14.4 Å². The number of carboxylic acid groups (broad SMARTS) is 1. The quantitative estimate of drug-likeness (QED) is 0.0945. The Morgan fingerprint density at radius 2 is 1.18 bits per heavy atom. The molecule has 0 radical (unpaired) electrons. The van der Waals surface area contributed by atoms with Gasteiger partial charge in [-0.25, -0.2) is 14.4 Å². The molecular formula is C39H46O12. The van der Waals surface area contributed by atoms with Gasteiger partial charge in [0.1, 0.15) is 38.4 Å². The number of hydrogen-bond acceptors (Lipinski definition) is 11. The lowest BCUT2D eigenvalue weighted by Crippen LogP contribution is -2.48. The van der Waals surface area contributed by atoms with Crippen LogP contribution in [0.15, 0.2) is 98.6 Å². The van der Waals surface area contributed by atoms with Crippen LogP contribution >= 0.6 is 0 Å². The monoisotopic (exact) mass is 706 g/mol. The maximum absolute atomic E-state index is 14.0. The van der Waals surface area contributed by atoms with E-state index in [2.05, 4.69) is 19.7 Å². The molecule has 0 fully saturated rings. The summed E-state index contributed by atoms with van der Waals surface area (Å²) in [4.78, 5) is 76.9. The molecular weight excluding hydrogens is 660 g/mol. The summed E-state index contributed by atoms with van der Waals surface area (Å²) in [6.45, 7) is 12.2. The third-order valence-corrected chi connectivity index (χ3v) is 8.52. The van der Waals surface area contributed by atoms with Crippen LogP contribution in [0.4, 0.5) is 0 Å². The zero-order valence-electron chi connectivity index (χ0n) is 29.2. The van der Waals surface area contributed by atoms with E-state index in [0.29, 0.717) is 12.0 Å². The lowest BCUT2D eigenvalue weighted by Gasteiger charge is -2.38. The first-order valence-corrected chi connectivity index (χ1v) is 16.3. The number of benzene rings is 2. The van der Waals surface area contributed by atoms with Crippen LogP contribution in [-0.4, -0.2) is 67.3 Å². The second kappa shape index (κ2) is 20.2. The van der Waals surface area contributed by atoms with Crippen molar-refractivity contribution < 1.29 is 57.6 Å². The lowest BCUT2D eigenvalue weighted by atomic mass is 9.65. The average Bonchev–Trinajstić information content (AvgIpc) is 3.15. The van der Waals surface area contributed by atoms with Crippen LogP contribution in [0, 0.1) is 22.7 Å². The molecule has 0 aliphatic carbocycles. The number of ether oxygens (including phenoxy) is 5. The molecule has 2 aromatic rings. The highest BCUT2D eigenvalue weighted by Gasteiger charge is 2.53. The van der Waals surface area contributed by atoms with Gasteiger partial charge in [-0.15, -0.1) is 0 Å². The maximum atomic E-state index is 14.0. The van der Waals surface area contributed by atoms with Crippen LogP contribution in [0.3, 0.4) is 0 Å². The van der Waals surface area contributed by atoms with E-state index in [0.717, 1.165) is 23.8 Å². The largest absolute Gasteiger partial charge is 0.481 e. The Hall–Kier alpha value is -5.52. The van der Waals surface area contributed by atoms with Gasteiger partial charge in [0.2, 0.25) is 0 Å². The van der Waals surface area contributed by atoms with E-state index in [-0.39, 0.29) is 18.9 Å². The molecule has 0 aromatic heterocycles. The van der Waals surface area contributed by atoms with Crippen LogP contribution in [0.1, 0.15) is 50.7 Å². The molecule has 1 N–H and O–H groups in total. The predicted octanol–water partition coefficient (Wildman–Crippen LogP) is 5.37. The number of carbonyl (C=O) groups is 6. The highest BCUT2D eigenvalue weighted by atomic mass is 16.6. The molecule has 0 bridgehead atoms. The summed E-state index contributed by atoms with van der Waals surface area (Å²) >= 11 is 0. The maximum Gasteiger partial charge on any atom is 0.330 e. The lowest BCUT2D eigenvalue weighted by molar-refractivity contribution is -0.179. The molecule has 2 aromatic carbocycles. The summed E-state index contributed by atoms with van der Waals surface area (Å²) in [5.74, 6) is -9.27. The fourth-order valence-electron chi connectivity index (χ4n) is 5.59. The first-order chi connectivity index (χ1) is 24.2. The average molecular weight is 707 g/mol. The van der Waals surface area contributed by atoms with Crippen molar-refractivity contribution in [3.63, 3.8) is 0 Å². The molecule has 51 heavy (non-hydrogen) atoms. The number of aliphatic carboxylic acids is 1. The number of esters is 5. The van der Waals surface area contributed by atoms with E-state index < -0.39 is 84.9 Å². The zero-order valence-corrected chi connectivity index (χ0v) is 29.2. The number of carboxylic acids is 1. The first kappa shape index (κ1) is 41.7. The van der Waals surface area contributed by atoms with E-state index in [1.807, 2.05) is 37.3 Å². The van der Waals surface area contributed by atoms with Crippen molar-refractivity contribution in [2.45, 2.75) is 46.1 Å². The third kappa shape index (κ3) is 12.4. The highest BCUT2D eigenvalue weighted by molar-refractivity contribution is 5.89. The van der Waals surface area contributed by atoms with E-state index in [1.54, 1.807) is 30.3 Å². The molecule has 0 spiro atoms. The van der Waals surface area contributed by atoms with Crippen LogP contribution in [0.2, 0.25) is 0 Å². The molecule has 0 saturated heterocycles. The van der Waals surface area contributed by atoms with Crippen LogP contribution in [0.5, 0.6) is 0 Å². The molecule has 12 nitrogen and oxygen atoms in total. The Morgan fingerprint density at radius 3 is 1.61 bits per heavy atom. The predicted molar refractivity (Wildman–Crippen MR) is 186 cm³/mol. The Bertz CT molecular complexity index is 1470. The highest BCUT2D eigenvalue weighted by Crippen LogP contribution is 2.44. The van der Waals surface area contributed by atoms with E-state index in [4.69, 9.17) is 23.7 Å². The Morgan fingerprint density at radius 1 is 0.725 bits per heavy atom. The minimum atomic E-state index is -1.74. The Kier molecular flexibility index (Phi) is 16.5. The van der Waals surface area contributed by atoms with Crippen molar-refractivity contribution in [1.82, 2.24) is 0 Å². The molecule has 274 valence electrons. The SMILES string of the molecule is C=CC(=O)OCC(COC(=O)C=C)(COC(=O)C=C)COC(=O)C(C)C(C(=O)O)C(C)(CC(CC)c1ccccc1)C(=O)OCc1ccccc1. The summed E-state index contributed by atoms with van der Waals surface area (Å²) in [6.07, 6.45) is 3.19. The summed E-state index contributed by atoms with van der Waals surface area (Å²) in [5, 5.41) is 10.6. The van der Waals surface area contributed by atoms with E-state index >= 15 is 0 Å². The molecule has 4 atom stereocenters. The van der Waals surface area contributed by atoms with Crippen molar-refractivity contribution in [3.05, 3.63) is 110 Å². The fourth-order valence-corrected chi connectivity index (χ4v) is 5.59. The van der Waals surface area contributed by atoms with Gasteiger partial charge < -0.3 is 28.8 Å². The molecule has 12 heteroatoms. The molecule has 4 unspecified atom stereocenters. The second-order valence-electron chi connectivity index (χ2n) is 12.3. The van der Waals surface area contributed by atoms with E-state index in [9.17, 15) is 33.9 Å². The summed E-state index contributed by atoms with van der Waals surface area (Å²) in [6, 6.07) is 18.2. The molecule has 2 rings (SSSR count). The summed E-state index contributed by atoms with van der Waals surface area (Å²) < 4.78 is 26.9. The van der Waals surface area contributed by atoms with Gasteiger partial charge in [0.05, 0.1) is 17.3 Å². The van der Waals surface area contributed by atoms with Crippen molar-refractivity contribution >= 4 is 35.8 Å². The zero-order chi connectivity index (χ0) is 38.0. The first-order valence-electron chi connectivity index (χ1n) is 16.3. The van der Waals surface area contributed by atoms with Gasteiger partial charge in [-0.1, -0.05) is 94.2 Å². The van der Waals surface area contributed by atoms with Gasteiger partial charge >= 0.3 is 35.8 Å². The Labute approximate surface area is 298 Å². The van der Waals surface area contributed by atoms with Crippen LogP contribution in [0.25, 0.3) is 0 Å². The minimum Gasteiger partial charge on any atom is -0.481 e. The standard InChI is InChI=1S/C39H46O12/c1-7-29(30-19-15-12-16-20-30)21-38(6,37(46)47-22-28-17-13-11-14-18-28)34(35(43)44)27(5)36(45)51-26-39(23-48-31(40)8-2,24-49-32(41)9-3)25-50-33(42)10-4/h8-20,27,29,34H,2-4,7,21-26H2,1,5-6H3,(H,43,44). The minimum absolute atomic E-state index is 0.0200. The topological polar surface area (TPSA) is 169 Å². The van der Waals surface area contributed by atoms with Crippen LogP contribution in [-0.2, 0) is 59.1 Å². The van der Waals surface area contributed by atoms with Gasteiger partial charge in [0, 0.05) is 18.2 Å². The van der Waals surface area contributed by atoms with Crippen molar-refractivity contribution in [3.8, 4) is 0 Å². The van der Waals surface area contributed by atoms with Gasteiger partial charge in [0.25, 0.3) is 0 Å².